The first kappa shape index (κ1) is 33.3. The molecule has 3 nitrogen and oxygen atoms in total. The highest BCUT2D eigenvalue weighted by Gasteiger charge is 2.25. The molecule has 0 N–H and O–H groups in total. The summed E-state index contributed by atoms with van der Waals surface area (Å²) in [6, 6.07) is 78.6. The van der Waals surface area contributed by atoms with Gasteiger partial charge in [0.05, 0.1) is 16.7 Å². The minimum Gasteiger partial charge on any atom is -0.456 e. The Kier molecular flexibility index (Phi) is 7.54. The number of nitrogens with zero attached hydrogens (tertiary/aromatic N) is 2. The molecule has 12 aromatic rings. The summed E-state index contributed by atoms with van der Waals surface area (Å²) in [6.07, 6.45) is 0. The van der Waals surface area contributed by atoms with Gasteiger partial charge in [-0.05, 0) is 75.8 Å². The molecule has 0 spiro atoms. The lowest BCUT2D eigenvalue weighted by Gasteiger charge is -2.28. The zero-order chi connectivity index (χ0) is 38.9. The third-order valence-electron chi connectivity index (χ3n) is 11.9. The summed E-state index contributed by atoms with van der Waals surface area (Å²) >= 11 is 0. The standard InChI is InChI=1S/C56H36N2O/c1-4-17-37(18-5-1)44-28-16-29-48-54-50(36-52-55(47-27-14-15-30-51(47)59-52)53(54)38-19-6-2-7-20-38)58(56(44)48)42-33-31-41(32-34-42)57(40-22-8-3-9-23-40)49-35-39-21-10-11-24-43(39)45-25-12-13-26-46(45)49/h1-36H. The highest BCUT2D eigenvalue weighted by Crippen LogP contribution is 2.48. The second-order valence-corrected chi connectivity index (χ2v) is 15.2. The molecule has 10 aromatic carbocycles. The Morgan fingerprint density at radius 3 is 1.75 bits per heavy atom. The average molecular weight is 753 g/mol. The molecule has 0 saturated carbocycles. The van der Waals surface area contributed by atoms with Gasteiger partial charge < -0.3 is 13.9 Å². The van der Waals surface area contributed by atoms with Crippen LogP contribution in [0, 0.1) is 0 Å². The summed E-state index contributed by atoms with van der Waals surface area (Å²) in [7, 11) is 0. The van der Waals surface area contributed by atoms with Crippen LogP contribution in [0.2, 0.25) is 0 Å². The molecule has 0 aliphatic heterocycles. The van der Waals surface area contributed by atoms with E-state index in [0.717, 1.165) is 61.3 Å². The Hall–Kier alpha value is -7.88. The lowest BCUT2D eigenvalue weighted by atomic mass is 9.93. The maximum Gasteiger partial charge on any atom is 0.138 e. The van der Waals surface area contributed by atoms with E-state index in [1.807, 2.05) is 0 Å². The van der Waals surface area contributed by atoms with Gasteiger partial charge in [-0.2, -0.15) is 0 Å². The van der Waals surface area contributed by atoms with Gasteiger partial charge in [0, 0.05) is 61.2 Å². The monoisotopic (exact) mass is 752 g/mol. The first-order valence-corrected chi connectivity index (χ1v) is 20.2. The van der Waals surface area contributed by atoms with Crippen LogP contribution in [0.1, 0.15) is 0 Å². The lowest BCUT2D eigenvalue weighted by Crippen LogP contribution is -2.10. The zero-order valence-electron chi connectivity index (χ0n) is 32.1. The summed E-state index contributed by atoms with van der Waals surface area (Å²) < 4.78 is 9.17. The molecule has 3 heteroatoms. The summed E-state index contributed by atoms with van der Waals surface area (Å²) in [5.74, 6) is 0. The van der Waals surface area contributed by atoms with Crippen molar-refractivity contribution >= 4 is 82.4 Å². The Bertz CT molecular complexity index is 3530. The number of fused-ring (bicyclic) bond motifs is 9. The number of benzene rings is 10. The normalized spacial score (nSPS) is 11.7. The van der Waals surface area contributed by atoms with Gasteiger partial charge in [0.15, 0.2) is 0 Å². The summed E-state index contributed by atoms with van der Waals surface area (Å²) in [4.78, 5) is 2.39. The molecule has 2 heterocycles. The average Bonchev–Trinajstić information content (AvgIpc) is 3.85. The number of furan rings is 1. The molecular formula is C56H36N2O. The smallest absolute Gasteiger partial charge is 0.138 e. The van der Waals surface area contributed by atoms with Crippen LogP contribution in [0.5, 0.6) is 0 Å². The molecule has 276 valence electrons. The van der Waals surface area contributed by atoms with E-state index in [1.165, 1.54) is 49.0 Å². The van der Waals surface area contributed by atoms with Gasteiger partial charge in [0.2, 0.25) is 0 Å². The Labute approximate surface area is 341 Å². The molecule has 0 radical (unpaired) electrons. The van der Waals surface area contributed by atoms with Gasteiger partial charge in [-0.25, -0.2) is 0 Å². The Morgan fingerprint density at radius 2 is 0.983 bits per heavy atom. The van der Waals surface area contributed by atoms with Crippen LogP contribution in [0.4, 0.5) is 17.1 Å². The first-order chi connectivity index (χ1) is 29.3. The molecule has 0 bridgehead atoms. The maximum atomic E-state index is 6.72. The molecule has 0 aliphatic carbocycles. The maximum absolute atomic E-state index is 6.72. The third kappa shape index (κ3) is 5.22. The topological polar surface area (TPSA) is 21.3 Å². The molecule has 0 atom stereocenters. The van der Waals surface area contributed by atoms with Crippen LogP contribution in [-0.4, -0.2) is 4.57 Å². The number of aromatic nitrogens is 1. The van der Waals surface area contributed by atoms with Gasteiger partial charge in [-0.15, -0.1) is 0 Å². The van der Waals surface area contributed by atoms with Crippen LogP contribution in [0.3, 0.4) is 0 Å². The molecule has 0 aliphatic rings. The van der Waals surface area contributed by atoms with Crippen molar-refractivity contribution in [2.75, 3.05) is 4.90 Å². The highest BCUT2D eigenvalue weighted by molar-refractivity contribution is 6.28. The van der Waals surface area contributed by atoms with Crippen LogP contribution in [0.15, 0.2) is 223 Å². The van der Waals surface area contributed by atoms with Crippen LogP contribution in [0.25, 0.3) is 93.2 Å². The minimum absolute atomic E-state index is 0.873. The Balaban J connectivity index is 1.15. The lowest BCUT2D eigenvalue weighted by molar-refractivity contribution is 0.669. The van der Waals surface area contributed by atoms with Crippen molar-refractivity contribution in [2.45, 2.75) is 0 Å². The van der Waals surface area contributed by atoms with E-state index in [2.05, 4.69) is 228 Å². The van der Waals surface area contributed by atoms with E-state index < -0.39 is 0 Å². The van der Waals surface area contributed by atoms with Gasteiger partial charge in [-0.3, -0.25) is 0 Å². The third-order valence-corrected chi connectivity index (χ3v) is 11.9. The van der Waals surface area contributed by atoms with Crippen molar-refractivity contribution in [3.05, 3.63) is 218 Å². The number of rotatable bonds is 6. The van der Waals surface area contributed by atoms with Gasteiger partial charge in [-0.1, -0.05) is 164 Å². The molecule has 0 saturated heterocycles. The largest absolute Gasteiger partial charge is 0.456 e. The summed E-state index contributed by atoms with van der Waals surface area (Å²) in [5.41, 5.74) is 13.1. The number of hydrogen-bond donors (Lipinski definition) is 0. The van der Waals surface area contributed by atoms with Crippen molar-refractivity contribution in [3.8, 4) is 27.9 Å². The first-order valence-electron chi connectivity index (χ1n) is 20.2. The summed E-state index contributed by atoms with van der Waals surface area (Å²) in [6.45, 7) is 0. The van der Waals surface area contributed by atoms with Gasteiger partial charge >= 0.3 is 0 Å². The second-order valence-electron chi connectivity index (χ2n) is 15.2. The fourth-order valence-corrected chi connectivity index (χ4v) is 9.42. The predicted molar refractivity (Wildman–Crippen MR) is 249 cm³/mol. The minimum atomic E-state index is 0.873. The van der Waals surface area contributed by atoms with Gasteiger partial charge in [0.1, 0.15) is 11.2 Å². The van der Waals surface area contributed by atoms with E-state index in [0.29, 0.717) is 0 Å². The number of para-hydroxylation sites is 3. The summed E-state index contributed by atoms with van der Waals surface area (Å²) in [5, 5.41) is 9.58. The van der Waals surface area contributed by atoms with E-state index in [-0.39, 0.29) is 0 Å². The molecule has 0 unspecified atom stereocenters. The van der Waals surface area contributed by atoms with Crippen LogP contribution < -0.4 is 4.90 Å². The molecule has 0 amide bonds. The van der Waals surface area contributed by atoms with Crippen LogP contribution >= 0.6 is 0 Å². The molecule has 12 rings (SSSR count). The van der Waals surface area contributed by atoms with Crippen molar-refractivity contribution in [1.29, 1.82) is 0 Å². The Morgan fingerprint density at radius 1 is 0.390 bits per heavy atom. The van der Waals surface area contributed by atoms with E-state index in [9.17, 15) is 0 Å². The highest BCUT2D eigenvalue weighted by atomic mass is 16.3. The molecular weight excluding hydrogens is 717 g/mol. The quantitative estimate of drug-likeness (QED) is 0.158. The van der Waals surface area contributed by atoms with E-state index in [1.54, 1.807) is 0 Å². The zero-order valence-corrected chi connectivity index (χ0v) is 32.1. The second kappa shape index (κ2) is 13.4. The van der Waals surface area contributed by atoms with Crippen molar-refractivity contribution < 1.29 is 4.42 Å². The van der Waals surface area contributed by atoms with Crippen molar-refractivity contribution in [3.63, 3.8) is 0 Å². The predicted octanol–water partition coefficient (Wildman–Crippen LogP) is 15.8. The number of anilines is 3. The van der Waals surface area contributed by atoms with Crippen molar-refractivity contribution in [2.24, 2.45) is 0 Å². The molecule has 2 aromatic heterocycles. The SMILES string of the molecule is c1ccc(-c2c3c(cc4c2c2cccc(-c5ccccc5)c2n4-c2ccc(N(c4ccccc4)c4cc5ccccc5c5ccccc45)cc2)oc2ccccc23)cc1. The van der Waals surface area contributed by atoms with E-state index in [4.69, 9.17) is 4.42 Å². The number of hydrogen-bond acceptors (Lipinski definition) is 2. The van der Waals surface area contributed by atoms with Crippen molar-refractivity contribution in [1.82, 2.24) is 4.57 Å². The molecule has 0 fully saturated rings. The fraction of sp³-hybridized carbons (Fsp3) is 0. The molecule has 59 heavy (non-hydrogen) atoms. The van der Waals surface area contributed by atoms with E-state index >= 15 is 0 Å². The van der Waals surface area contributed by atoms with Gasteiger partial charge in [0.25, 0.3) is 0 Å². The fourth-order valence-electron chi connectivity index (χ4n) is 9.42. The van der Waals surface area contributed by atoms with Crippen LogP contribution in [-0.2, 0) is 0 Å².